The molecule has 1 fully saturated rings. The number of halogens is 1. The zero-order chi connectivity index (χ0) is 20.5. The zero-order valence-electron chi connectivity index (χ0n) is 16.9. The molecule has 2 aliphatic rings. The quantitative estimate of drug-likeness (QED) is 0.858. The molecule has 3 rings (SSSR count). The SMILES string of the molecule is CC(C)(C)C(=O)N1CC[C@@H](CC(=O)O)[C@@H](CC2=NCCc3cc(F)ccc32)C1. The molecule has 0 spiro atoms. The Morgan fingerprint density at radius 1 is 1.29 bits per heavy atom. The average Bonchev–Trinajstić information content (AvgIpc) is 2.61. The van der Waals surface area contributed by atoms with Gasteiger partial charge in [0, 0.05) is 37.2 Å². The van der Waals surface area contributed by atoms with E-state index in [0.717, 1.165) is 16.8 Å². The number of carbonyl (C=O) groups is 2. The molecule has 5 nitrogen and oxygen atoms in total. The van der Waals surface area contributed by atoms with Gasteiger partial charge in [-0.2, -0.15) is 0 Å². The van der Waals surface area contributed by atoms with Crippen LogP contribution in [0, 0.1) is 23.1 Å². The highest BCUT2D eigenvalue weighted by molar-refractivity contribution is 6.02. The van der Waals surface area contributed by atoms with Crippen LogP contribution in [0.4, 0.5) is 4.39 Å². The van der Waals surface area contributed by atoms with Crippen molar-refractivity contribution in [2.24, 2.45) is 22.2 Å². The summed E-state index contributed by atoms with van der Waals surface area (Å²) in [7, 11) is 0. The maximum atomic E-state index is 13.6. The molecule has 0 unspecified atom stereocenters. The van der Waals surface area contributed by atoms with E-state index in [-0.39, 0.29) is 30.0 Å². The summed E-state index contributed by atoms with van der Waals surface area (Å²) >= 11 is 0. The molecule has 2 aliphatic heterocycles. The molecule has 0 radical (unpaired) electrons. The lowest BCUT2D eigenvalue weighted by atomic mass is 9.77. The molecule has 0 aliphatic carbocycles. The topological polar surface area (TPSA) is 70.0 Å². The van der Waals surface area contributed by atoms with Crippen LogP contribution in [0.15, 0.2) is 23.2 Å². The summed E-state index contributed by atoms with van der Waals surface area (Å²) in [5.74, 6) is -0.915. The van der Waals surface area contributed by atoms with Gasteiger partial charge in [-0.15, -0.1) is 0 Å². The molecule has 6 heteroatoms. The van der Waals surface area contributed by atoms with Gasteiger partial charge in [-0.05, 0) is 60.4 Å². The van der Waals surface area contributed by atoms with Gasteiger partial charge in [-0.3, -0.25) is 14.6 Å². The van der Waals surface area contributed by atoms with Crippen molar-refractivity contribution in [3.8, 4) is 0 Å². The molecular weight excluding hydrogens is 359 g/mol. The van der Waals surface area contributed by atoms with Crippen LogP contribution in [-0.4, -0.2) is 47.2 Å². The predicted molar refractivity (Wildman–Crippen MR) is 106 cm³/mol. The number of amides is 1. The maximum absolute atomic E-state index is 13.6. The van der Waals surface area contributed by atoms with Gasteiger partial charge in [0.05, 0.1) is 0 Å². The third-order valence-electron chi connectivity index (χ3n) is 5.77. The van der Waals surface area contributed by atoms with Crippen molar-refractivity contribution < 1.29 is 19.1 Å². The van der Waals surface area contributed by atoms with Crippen LogP contribution in [-0.2, 0) is 16.0 Å². The number of rotatable bonds is 4. The lowest BCUT2D eigenvalue weighted by Crippen LogP contribution is -2.48. The minimum Gasteiger partial charge on any atom is -0.481 e. The second kappa shape index (κ2) is 8.02. The van der Waals surface area contributed by atoms with Crippen LogP contribution in [0.25, 0.3) is 0 Å². The van der Waals surface area contributed by atoms with Crippen LogP contribution < -0.4 is 0 Å². The number of hydrogen-bond acceptors (Lipinski definition) is 3. The van der Waals surface area contributed by atoms with E-state index in [1.165, 1.54) is 6.07 Å². The van der Waals surface area contributed by atoms with E-state index in [4.69, 9.17) is 0 Å². The monoisotopic (exact) mass is 388 g/mol. The number of piperidine rings is 1. The first-order chi connectivity index (χ1) is 13.1. The van der Waals surface area contributed by atoms with Gasteiger partial charge in [0.2, 0.25) is 5.91 Å². The molecule has 1 amide bonds. The van der Waals surface area contributed by atoms with Crippen molar-refractivity contribution >= 4 is 17.6 Å². The second-order valence-corrected chi connectivity index (χ2v) is 8.99. The summed E-state index contributed by atoms with van der Waals surface area (Å²) in [4.78, 5) is 30.7. The van der Waals surface area contributed by atoms with Crippen molar-refractivity contribution in [3.05, 3.63) is 35.1 Å². The van der Waals surface area contributed by atoms with E-state index in [2.05, 4.69) is 4.99 Å². The number of aliphatic imine (C=N–C) groups is 1. The summed E-state index contributed by atoms with van der Waals surface area (Å²) in [6.45, 7) is 7.48. The lowest BCUT2D eigenvalue weighted by Gasteiger charge is -2.41. The van der Waals surface area contributed by atoms with Gasteiger partial charge in [-0.1, -0.05) is 20.8 Å². The summed E-state index contributed by atoms with van der Waals surface area (Å²) in [5, 5.41) is 9.33. The number of carbonyl (C=O) groups excluding carboxylic acids is 1. The Morgan fingerprint density at radius 3 is 2.71 bits per heavy atom. The van der Waals surface area contributed by atoms with E-state index in [9.17, 15) is 19.1 Å². The standard InChI is InChI=1S/C22H29FN2O3/c1-22(2,3)21(28)25-9-7-14(12-20(26)27)16(13-25)11-19-18-5-4-17(23)10-15(18)6-8-24-19/h4-5,10,14,16H,6-9,11-13H2,1-3H3,(H,26,27)/t14-,16-/m0/s1. The third-order valence-corrected chi connectivity index (χ3v) is 5.77. The molecule has 2 atom stereocenters. The minimum atomic E-state index is -0.807. The van der Waals surface area contributed by atoms with Gasteiger partial charge in [0.25, 0.3) is 0 Å². The molecule has 1 aromatic rings. The van der Waals surface area contributed by atoms with E-state index in [1.54, 1.807) is 12.1 Å². The molecule has 1 N–H and O–H groups in total. The number of carboxylic acids is 1. The fourth-order valence-corrected chi connectivity index (χ4v) is 4.33. The number of hydrogen-bond donors (Lipinski definition) is 1. The molecule has 0 aromatic heterocycles. The first kappa shape index (κ1) is 20.5. The van der Waals surface area contributed by atoms with Crippen LogP contribution in [0.5, 0.6) is 0 Å². The Hall–Kier alpha value is -2.24. The molecule has 152 valence electrons. The van der Waals surface area contributed by atoms with E-state index >= 15 is 0 Å². The number of likely N-dealkylation sites (tertiary alicyclic amines) is 1. The molecule has 1 aromatic carbocycles. The van der Waals surface area contributed by atoms with E-state index < -0.39 is 11.4 Å². The van der Waals surface area contributed by atoms with Crippen LogP contribution in [0.1, 0.15) is 51.2 Å². The number of benzene rings is 1. The van der Waals surface area contributed by atoms with Gasteiger partial charge in [0.1, 0.15) is 5.82 Å². The fourth-order valence-electron chi connectivity index (χ4n) is 4.33. The minimum absolute atomic E-state index is 0.00930. The number of aliphatic carboxylic acids is 1. The van der Waals surface area contributed by atoms with Gasteiger partial charge >= 0.3 is 5.97 Å². The highest BCUT2D eigenvalue weighted by Crippen LogP contribution is 2.33. The fraction of sp³-hybridized carbons (Fsp3) is 0.591. The first-order valence-corrected chi connectivity index (χ1v) is 9.98. The highest BCUT2D eigenvalue weighted by Gasteiger charge is 2.37. The Bertz CT molecular complexity index is 797. The van der Waals surface area contributed by atoms with Gasteiger partial charge in [-0.25, -0.2) is 4.39 Å². The van der Waals surface area contributed by atoms with Crippen molar-refractivity contribution in [1.82, 2.24) is 4.90 Å². The van der Waals surface area contributed by atoms with Crippen LogP contribution in [0.3, 0.4) is 0 Å². The molecule has 0 saturated carbocycles. The molecular formula is C22H29FN2O3. The second-order valence-electron chi connectivity index (χ2n) is 8.99. The smallest absolute Gasteiger partial charge is 0.303 e. The Morgan fingerprint density at radius 2 is 2.04 bits per heavy atom. The van der Waals surface area contributed by atoms with Crippen molar-refractivity contribution in [2.75, 3.05) is 19.6 Å². The number of fused-ring (bicyclic) bond motifs is 1. The zero-order valence-corrected chi connectivity index (χ0v) is 16.9. The van der Waals surface area contributed by atoms with Crippen molar-refractivity contribution in [1.29, 1.82) is 0 Å². The Labute approximate surface area is 165 Å². The summed E-state index contributed by atoms with van der Waals surface area (Å²) < 4.78 is 13.6. The predicted octanol–water partition coefficient (Wildman–Crippen LogP) is 3.55. The molecule has 1 saturated heterocycles. The first-order valence-electron chi connectivity index (χ1n) is 9.98. The maximum Gasteiger partial charge on any atom is 0.303 e. The van der Waals surface area contributed by atoms with E-state index in [0.29, 0.717) is 38.9 Å². The third kappa shape index (κ3) is 4.59. The summed E-state index contributed by atoms with van der Waals surface area (Å²) in [5.41, 5.74) is 2.36. The summed E-state index contributed by atoms with van der Waals surface area (Å²) in [6.07, 6.45) is 2.12. The average molecular weight is 388 g/mol. The normalized spacial score (nSPS) is 22.4. The van der Waals surface area contributed by atoms with E-state index in [1.807, 2.05) is 25.7 Å². The van der Waals surface area contributed by atoms with Gasteiger partial charge in [0.15, 0.2) is 0 Å². The lowest BCUT2D eigenvalue weighted by molar-refractivity contribution is -0.143. The Balaban J connectivity index is 1.82. The molecule has 28 heavy (non-hydrogen) atoms. The van der Waals surface area contributed by atoms with Crippen LogP contribution in [0.2, 0.25) is 0 Å². The number of nitrogens with zero attached hydrogens (tertiary/aromatic N) is 2. The largest absolute Gasteiger partial charge is 0.481 e. The van der Waals surface area contributed by atoms with Crippen molar-refractivity contribution in [3.63, 3.8) is 0 Å². The highest BCUT2D eigenvalue weighted by atomic mass is 19.1. The van der Waals surface area contributed by atoms with Gasteiger partial charge < -0.3 is 10.0 Å². The number of carboxylic acid groups (broad SMARTS) is 1. The van der Waals surface area contributed by atoms with Crippen LogP contribution >= 0.6 is 0 Å². The molecule has 0 bridgehead atoms. The Kier molecular flexibility index (Phi) is 5.87. The molecule has 2 heterocycles. The van der Waals surface area contributed by atoms with Crippen molar-refractivity contribution in [2.45, 2.75) is 46.5 Å². The summed E-state index contributed by atoms with van der Waals surface area (Å²) in [6, 6.07) is 4.79.